The molecule has 0 bridgehead atoms. The van der Waals surface area contributed by atoms with Crippen molar-refractivity contribution < 1.29 is 28.9 Å². The molecule has 0 aromatic heterocycles. The van der Waals surface area contributed by atoms with Gasteiger partial charge in [-0.2, -0.15) is 0 Å². The quantitative estimate of drug-likeness (QED) is 0.617. The van der Waals surface area contributed by atoms with E-state index in [2.05, 4.69) is 16.2 Å². The Bertz CT molecular complexity index is 655. The maximum Gasteiger partial charge on any atom is 0.339 e. The number of benzene rings is 1. The Morgan fingerprint density at radius 1 is 1.32 bits per heavy atom. The summed E-state index contributed by atoms with van der Waals surface area (Å²) < 4.78 is 16.1. The van der Waals surface area contributed by atoms with Crippen molar-refractivity contribution in [2.45, 2.75) is 38.7 Å². The number of methoxy groups -OCH3 is 1. The Kier molecular flexibility index (Phi) is 6.33. The molecule has 1 aromatic carbocycles. The highest BCUT2D eigenvalue weighted by atomic mass is 31.0. The number of ether oxygens (including phenoxy) is 3. The minimum atomic E-state index is -1.06. The zero-order valence-corrected chi connectivity index (χ0v) is 15.6. The number of carbonyl (C=O) groups excluding carboxylic acids is 1. The Morgan fingerprint density at radius 2 is 1.96 bits per heavy atom. The van der Waals surface area contributed by atoms with Crippen LogP contribution < -0.4 is 14.8 Å². The lowest BCUT2D eigenvalue weighted by Gasteiger charge is -2.37. The van der Waals surface area contributed by atoms with Crippen molar-refractivity contribution in [3.05, 3.63) is 17.7 Å². The Balaban J connectivity index is 2.03. The molecule has 1 aliphatic carbocycles. The second kappa shape index (κ2) is 8.09. The summed E-state index contributed by atoms with van der Waals surface area (Å²) in [6.07, 6.45) is 3.22. The topological polar surface area (TPSA) is 82.1 Å². The van der Waals surface area contributed by atoms with E-state index in [1.807, 2.05) is 0 Å². The van der Waals surface area contributed by atoms with Gasteiger partial charge in [0.15, 0.2) is 0 Å². The average Bonchev–Trinajstić information content (AvgIpc) is 2.56. The van der Waals surface area contributed by atoms with E-state index in [-0.39, 0.29) is 17.1 Å². The van der Waals surface area contributed by atoms with Crippen molar-refractivity contribution in [3.63, 3.8) is 0 Å². The second-order valence-corrected chi connectivity index (χ2v) is 7.25. The van der Waals surface area contributed by atoms with Gasteiger partial charge in [0.25, 0.3) is 0 Å². The van der Waals surface area contributed by atoms with Crippen LogP contribution in [0.2, 0.25) is 0 Å². The summed E-state index contributed by atoms with van der Waals surface area (Å²) in [7, 11) is 9.00. The molecular formula is C17H22BO6P. The van der Waals surface area contributed by atoms with Crippen molar-refractivity contribution >= 4 is 34.2 Å². The van der Waals surface area contributed by atoms with Crippen molar-refractivity contribution in [1.82, 2.24) is 0 Å². The summed E-state index contributed by atoms with van der Waals surface area (Å²) in [5.41, 5.74) is -0.0376. The fourth-order valence-electron chi connectivity index (χ4n) is 2.99. The molecule has 1 N–H and O–H groups in total. The number of carbonyl (C=O) groups is 2. The van der Waals surface area contributed by atoms with Crippen LogP contribution in [-0.4, -0.2) is 44.6 Å². The summed E-state index contributed by atoms with van der Waals surface area (Å²) in [5, 5.41) is 10.0. The zero-order chi connectivity index (χ0) is 18.6. The van der Waals surface area contributed by atoms with Crippen LogP contribution >= 0.6 is 9.24 Å². The molecule has 1 atom stereocenters. The van der Waals surface area contributed by atoms with Crippen molar-refractivity contribution in [2.75, 3.05) is 13.7 Å². The van der Waals surface area contributed by atoms with Crippen molar-refractivity contribution in [3.8, 4) is 11.5 Å². The molecule has 0 heterocycles. The molecule has 25 heavy (non-hydrogen) atoms. The van der Waals surface area contributed by atoms with Gasteiger partial charge in [-0.25, -0.2) is 4.79 Å². The highest BCUT2D eigenvalue weighted by Gasteiger charge is 2.33. The number of hydrogen-bond donors (Lipinski definition) is 1. The first-order valence-electron chi connectivity index (χ1n) is 8.04. The summed E-state index contributed by atoms with van der Waals surface area (Å²) in [6, 6.07) is 3.13. The first-order chi connectivity index (χ1) is 11.7. The largest absolute Gasteiger partial charge is 0.496 e. The highest BCUT2D eigenvalue weighted by molar-refractivity contribution is 7.27. The second-order valence-electron chi connectivity index (χ2n) is 6.63. The SMILES string of the molecule is [B]C(=O)OCC1(C)CCC(Oc2cc(C(=O)O)c(OC)cc2P)CC1. The van der Waals surface area contributed by atoms with Crippen LogP contribution in [0.25, 0.3) is 0 Å². The first kappa shape index (κ1) is 19.6. The van der Waals surface area contributed by atoms with Crippen molar-refractivity contribution in [1.29, 1.82) is 0 Å². The lowest BCUT2D eigenvalue weighted by atomic mass is 9.75. The van der Waals surface area contributed by atoms with Gasteiger partial charge in [-0.1, -0.05) is 6.92 Å². The van der Waals surface area contributed by atoms with E-state index < -0.39 is 11.8 Å². The van der Waals surface area contributed by atoms with Gasteiger partial charge in [0.1, 0.15) is 17.1 Å². The molecule has 0 amide bonds. The number of aromatic carboxylic acids is 1. The molecule has 2 radical (unpaired) electrons. The summed E-state index contributed by atoms with van der Waals surface area (Å²) in [4.78, 5) is 22.1. The molecule has 8 heteroatoms. The van der Waals surface area contributed by atoms with Crippen LogP contribution in [0.1, 0.15) is 43.0 Å². The Morgan fingerprint density at radius 3 is 2.48 bits per heavy atom. The number of carboxylic acid groups (broad SMARTS) is 1. The number of hydrogen-bond acceptors (Lipinski definition) is 5. The third kappa shape index (κ3) is 5.11. The molecule has 1 aromatic rings. The molecule has 1 unspecified atom stereocenters. The van der Waals surface area contributed by atoms with Gasteiger partial charge < -0.3 is 19.3 Å². The maximum absolute atomic E-state index is 11.4. The van der Waals surface area contributed by atoms with Gasteiger partial charge in [0, 0.05) is 10.7 Å². The zero-order valence-electron chi connectivity index (χ0n) is 14.4. The van der Waals surface area contributed by atoms with E-state index in [0.29, 0.717) is 18.1 Å². The average molecular weight is 364 g/mol. The minimum Gasteiger partial charge on any atom is -0.496 e. The van der Waals surface area contributed by atoms with Crippen LogP contribution in [0.3, 0.4) is 0 Å². The lowest BCUT2D eigenvalue weighted by molar-refractivity contribution is 0.0409. The van der Waals surface area contributed by atoms with Gasteiger partial charge in [-0.15, -0.1) is 9.24 Å². The normalized spacial score (nSPS) is 22.9. The molecule has 1 saturated carbocycles. The van der Waals surface area contributed by atoms with Crippen LogP contribution in [0.15, 0.2) is 12.1 Å². The van der Waals surface area contributed by atoms with E-state index >= 15 is 0 Å². The predicted octanol–water partition coefficient (Wildman–Crippen LogP) is 2.53. The smallest absolute Gasteiger partial charge is 0.339 e. The summed E-state index contributed by atoms with van der Waals surface area (Å²) >= 11 is 0. The summed E-state index contributed by atoms with van der Waals surface area (Å²) in [6.45, 7) is 2.36. The standard InChI is InChI=1S/C17H22BO6P/c1-17(9-23-16(18)21)5-3-10(4-6-17)24-13-7-11(15(19)20)12(22-2)8-14(13)25/h7-8,10H,3-6,9,25H2,1-2H3,(H,19,20). The molecule has 0 aliphatic heterocycles. The third-order valence-electron chi connectivity index (χ3n) is 4.56. The highest BCUT2D eigenvalue weighted by Crippen LogP contribution is 2.38. The van der Waals surface area contributed by atoms with Gasteiger partial charge in [-0.05, 0) is 37.8 Å². The molecule has 1 aliphatic rings. The molecule has 134 valence electrons. The van der Waals surface area contributed by atoms with Gasteiger partial charge in [0.2, 0.25) is 13.7 Å². The van der Waals surface area contributed by atoms with Crippen LogP contribution in [0.5, 0.6) is 11.5 Å². The lowest BCUT2D eigenvalue weighted by Crippen LogP contribution is -2.34. The predicted molar refractivity (Wildman–Crippen MR) is 97.4 cm³/mol. The molecular weight excluding hydrogens is 342 g/mol. The molecule has 1 fully saturated rings. The maximum atomic E-state index is 11.4. The minimum absolute atomic E-state index is 0.0176. The number of rotatable bonds is 6. The molecule has 0 saturated heterocycles. The molecule has 0 spiro atoms. The molecule has 6 nitrogen and oxygen atoms in total. The van der Waals surface area contributed by atoms with Gasteiger partial charge in [0.05, 0.1) is 19.8 Å². The summed E-state index contributed by atoms with van der Waals surface area (Å²) in [5.74, 6) is -1.01. The van der Waals surface area contributed by atoms with E-state index in [1.165, 1.54) is 13.2 Å². The van der Waals surface area contributed by atoms with Crippen LogP contribution in [0.4, 0.5) is 4.79 Å². The van der Waals surface area contributed by atoms with E-state index in [1.54, 1.807) is 6.07 Å². The number of carboxylic acids is 1. The van der Waals surface area contributed by atoms with Crippen LogP contribution in [0, 0.1) is 5.41 Å². The Hall–Kier alpha value is -1.75. The van der Waals surface area contributed by atoms with E-state index in [0.717, 1.165) is 31.0 Å². The Labute approximate surface area is 150 Å². The third-order valence-corrected chi connectivity index (χ3v) is 5.01. The first-order valence-corrected chi connectivity index (χ1v) is 8.61. The molecule has 2 rings (SSSR count). The fraction of sp³-hybridized carbons (Fsp3) is 0.529. The van der Waals surface area contributed by atoms with Gasteiger partial charge in [-0.3, -0.25) is 4.79 Å². The fourth-order valence-corrected chi connectivity index (χ4v) is 3.29. The van der Waals surface area contributed by atoms with E-state index in [4.69, 9.17) is 22.1 Å². The monoisotopic (exact) mass is 364 g/mol. The van der Waals surface area contributed by atoms with Crippen LogP contribution in [-0.2, 0) is 4.74 Å². The van der Waals surface area contributed by atoms with Gasteiger partial charge >= 0.3 is 5.97 Å². The van der Waals surface area contributed by atoms with Crippen molar-refractivity contribution in [2.24, 2.45) is 5.41 Å². The van der Waals surface area contributed by atoms with E-state index in [9.17, 15) is 14.7 Å².